The van der Waals surface area contributed by atoms with Gasteiger partial charge in [-0.2, -0.15) is 0 Å². The van der Waals surface area contributed by atoms with Gasteiger partial charge in [-0.15, -0.1) is 0 Å². The van der Waals surface area contributed by atoms with E-state index in [1.54, 1.807) is 0 Å². The standard InChI is InChI=1S/C14H18N2/c1-16-9-11-5-12(10-16)7-14(6-11)13-3-2-4-15-8-13/h2-4,6,8,11-12H,5,7,9-10H2,1H3/t11-,12+/m0/s1. The van der Waals surface area contributed by atoms with Gasteiger partial charge in [-0.1, -0.05) is 12.1 Å². The number of aromatic nitrogens is 1. The number of hydrogen-bond donors (Lipinski definition) is 0. The molecule has 1 fully saturated rings. The maximum Gasteiger partial charge on any atom is 0.0342 e. The highest BCUT2D eigenvalue weighted by Crippen LogP contribution is 2.37. The highest BCUT2D eigenvalue weighted by Gasteiger charge is 2.29. The molecular formula is C14H18N2. The number of likely N-dealkylation sites (tertiary alicyclic amines) is 1. The normalized spacial score (nSPS) is 29.9. The summed E-state index contributed by atoms with van der Waals surface area (Å²) in [5.74, 6) is 1.61. The molecule has 1 aliphatic heterocycles. The van der Waals surface area contributed by atoms with Gasteiger partial charge in [0.2, 0.25) is 0 Å². The molecule has 2 aliphatic rings. The number of nitrogens with zero attached hydrogens (tertiary/aromatic N) is 2. The van der Waals surface area contributed by atoms with Crippen molar-refractivity contribution in [1.82, 2.24) is 9.88 Å². The monoisotopic (exact) mass is 214 g/mol. The van der Waals surface area contributed by atoms with Crippen LogP contribution in [0.25, 0.3) is 5.57 Å². The number of allylic oxidation sites excluding steroid dienone is 1. The molecule has 2 bridgehead atoms. The van der Waals surface area contributed by atoms with E-state index in [-0.39, 0.29) is 0 Å². The van der Waals surface area contributed by atoms with E-state index in [1.807, 2.05) is 18.5 Å². The Morgan fingerprint density at radius 2 is 2.31 bits per heavy atom. The third-order valence-electron chi connectivity index (χ3n) is 3.73. The van der Waals surface area contributed by atoms with Crippen LogP contribution in [-0.2, 0) is 0 Å². The Balaban J connectivity index is 1.88. The molecule has 0 spiro atoms. The molecule has 1 saturated heterocycles. The van der Waals surface area contributed by atoms with Crippen molar-refractivity contribution in [3.8, 4) is 0 Å². The average Bonchev–Trinajstić information content (AvgIpc) is 2.28. The smallest absolute Gasteiger partial charge is 0.0342 e. The Kier molecular flexibility index (Phi) is 2.52. The lowest BCUT2D eigenvalue weighted by molar-refractivity contribution is 0.170. The molecule has 1 aromatic heterocycles. The fourth-order valence-corrected chi connectivity index (χ4v) is 3.19. The average molecular weight is 214 g/mol. The van der Waals surface area contributed by atoms with Crippen LogP contribution in [0.2, 0.25) is 0 Å². The molecule has 0 radical (unpaired) electrons. The predicted molar refractivity (Wildman–Crippen MR) is 65.9 cm³/mol. The molecule has 84 valence electrons. The molecule has 3 rings (SSSR count). The van der Waals surface area contributed by atoms with E-state index in [0.717, 1.165) is 11.8 Å². The lowest BCUT2D eigenvalue weighted by atomic mass is 9.77. The van der Waals surface area contributed by atoms with Crippen molar-refractivity contribution in [2.45, 2.75) is 12.8 Å². The van der Waals surface area contributed by atoms with Gasteiger partial charge in [0.15, 0.2) is 0 Å². The Morgan fingerprint density at radius 3 is 3.06 bits per heavy atom. The number of hydrogen-bond acceptors (Lipinski definition) is 2. The van der Waals surface area contributed by atoms with Crippen LogP contribution in [0.4, 0.5) is 0 Å². The summed E-state index contributed by atoms with van der Waals surface area (Å²) in [6.07, 6.45) is 8.93. The van der Waals surface area contributed by atoms with Crippen molar-refractivity contribution < 1.29 is 0 Å². The molecule has 2 heteroatoms. The summed E-state index contributed by atoms with van der Waals surface area (Å²) < 4.78 is 0. The summed E-state index contributed by atoms with van der Waals surface area (Å²) in [5.41, 5.74) is 2.84. The van der Waals surface area contributed by atoms with Gasteiger partial charge in [-0.05, 0) is 48.9 Å². The topological polar surface area (TPSA) is 16.1 Å². The van der Waals surface area contributed by atoms with Crippen LogP contribution in [0.5, 0.6) is 0 Å². The summed E-state index contributed by atoms with van der Waals surface area (Å²) in [6.45, 7) is 2.48. The zero-order valence-corrected chi connectivity index (χ0v) is 9.76. The number of fused-ring (bicyclic) bond motifs is 2. The highest BCUT2D eigenvalue weighted by atomic mass is 15.1. The minimum Gasteiger partial charge on any atom is -0.305 e. The maximum absolute atomic E-state index is 4.22. The first kappa shape index (κ1) is 10.0. The summed E-state index contributed by atoms with van der Waals surface area (Å²) >= 11 is 0. The SMILES string of the molecule is CN1C[C@@H]2C=C(c3cccnc3)C[C@@H](C2)C1. The van der Waals surface area contributed by atoms with Gasteiger partial charge >= 0.3 is 0 Å². The second-order valence-corrected chi connectivity index (χ2v) is 5.22. The summed E-state index contributed by atoms with van der Waals surface area (Å²) in [4.78, 5) is 6.69. The van der Waals surface area contributed by atoms with Crippen molar-refractivity contribution in [2.24, 2.45) is 11.8 Å². The first-order valence-electron chi connectivity index (χ1n) is 6.11. The van der Waals surface area contributed by atoms with Crippen molar-refractivity contribution in [3.05, 3.63) is 36.2 Å². The second kappa shape index (κ2) is 4.02. The van der Waals surface area contributed by atoms with Crippen LogP contribution >= 0.6 is 0 Å². The van der Waals surface area contributed by atoms with Crippen LogP contribution in [0, 0.1) is 11.8 Å². The molecule has 2 nitrogen and oxygen atoms in total. The molecule has 0 aromatic carbocycles. The third kappa shape index (κ3) is 1.90. The van der Waals surface area contributed by atoms with E-state index >= 15 is 0 Å². The Hall–Kier alpha value is -1.15. The van der Waals surface area contributed by atoms with Gasteiger partial charge in [0.05, 0.1) is 0 Å². The summed E-state index contributed by atoms with van der Waals surface area (Å²) in [7, 11) is 2.24. The van der Waals surface area contributed by atoms with Gasteiger partial charge in [0.1, 0.15) is 0 Å². The summed E-state index contributed by atoms with van der Waals surface area (Å²) in [6, 6.07) is 4.22. The molecule has 1 aliphatic carbocycles. The first-order chi connectivity index (χ1) is 7.81. The first-order valence-corrected chi connectivity index (χ1v) is 6.11. The quantitative estimate of drug-likeness (QED) is 0.714. The zero-order chi connectivity index (χ0) is 11.0. The Morgan fingerprint density at radius 1 is 1.38 bits per heavy atom. The van der Waals surface area contributed by atoms with Crippen LogP contribution in [-0.4, -0.2) is 30.0 Å². The van der Waals surface area contributed by atoms with Gasteiger partial charge in [0, 0.05) is 25.5 Å². The van der Waals surface area contributed by atoms with E-state index in [1.165, 1.54) is 37.1 Å². The fraction of sp³-hybridized carbons (Fsp3) is 0.500. The van der Waals surface area contributed by atoms with E-state index in [4.69, 9.17) is 0 Å². The highest BCUT2D eigenvalue weighted by molar-refractivity contribution is 5.66. The molecule has 0 N–H and O–H groups in total. The van der Waals surface area contributed by atoms with E-state index in [9.17, 15) is 0 Å². The number of pyridine rings is 1. The third-order valence-corrected chi connectivity index (χ3v) is 3.73. The second-order valence-electron chi connectivity index (χ2n) is 5.22. The van der Waals surface area contributed by atoms with Crippen molar-refractivity contribution in [2.75, 3.05) is 20.1 Å². The van der Waals surface area contributed by atoms with E-state index in [0.29, 0.717) is 0 Å². The molecule has 2 heterocycles. The summed E-state index contributed by atoms with van der Waals surface area (Å²) in [5, 5.41) is 0. The van der Waals surface area contributed by atoms with E-state index in [2.05, 4.69) is 29.1 Å². The van der Waals surface area contributed by atoms with Gasteiger partial charge in [0.25, 0.3) is 0 Å². The van der Waals surface area contributed by atoms with E-state index < -0.39 is 0 Å². The van der Waals surface area contributed by atoms with Crippen molar-refractivity contribution in [3.63, 3.8) is 0 Å². The molecule has 1 aromatic rings. The largest absolute Gasteiger partial charge is 0.305 e. The molecule has 0 saturated carbocycles. The van der Waals surface area contributed by atoms with Gasteiger partial charge < -0.3 is 4.90 Å². The van der Waals surface area contributed by atoms with Crippen LogP contribution in [0.15, 0.2) is 30.6 Å². The van der Waals surface area contributed by atoms with Crippen molar-refractivity contribution >= 4 is 5.57 Å². The zero-order valence-electron chi connectivity index (χ0n) is 9.76. The minimum absolute atomic E-state index is 0.757. The van der Waals surface area contributed by atoms with Crippen LogP contribution in [0.3, 0.4) is 0 Å². The number of rotatable bonds is 1. The molecule has 16 heavy (non-hydrogen) atoms. The number of piperidine rings is 1. The Labute approximate surface area is 97.0 Å². The lowest BCUT2D eigenvalue weighted by Gasteiger charge is -2.38. The molecule has 2 atom stereocenters. The molecule has 0 unspecified atom stereocenters. The molecule has 0 amide bonds. The lowest BCUT2D eigenvalue weighted by Crippen LogP contribution is -2.39. The minimum atomic E-state index is 0.757. The van der Waals surface area contributed by atoms with Gasteiger partial charge in [-0.25, -0.2) is 0 Å². The van der Waals surface area contributed by atoms with Crippen molar-refractivity contribution in [1.29, 1.82) is 0 Å². The fourth-order valence-electron chi connectivity index (χ4n) is 3.19. The predicted octanol–water partition coefficient (Wildman–Crippen LogP) is 2.44. The van der Waals surface area contributed by atoms with Crippen LogP contribution < -0.4 is 0 Å². The maximum atomic E-state index is 4.22. The van der Waals surface area contributed by atoms with Gasteiger partial charge in [-0.3, -0.25) is 4.98 Å². The van der Waals surface area contributed by atoms with Crippen LogP contribution in [0.1, 0.15) is 18.4 Å². The molecular weight excluding hydrogens is 196 g/mol. The Bertz CT molecular complexity index is 396.